The first-order chi connectivity index (χ1) is 8.66. The first-order valence-electron chi connectivity index (χ1n) is 6.12. The summed E-state index contributed by atoms with van der Waals surface area (Å²) in [6, 6.07) is 6.96. The van der Waals surface area contributed by atoms with Crippen molar-refractivity contribution in [2.24, 2.45) is 0 Å². The lowest BCUT2D eigenvalue weighted by molar-refractivity contribution is -0.130. The lowest BCUT2D eigenvalue weighted by atomic mass is 10.3. The van der Waals surface area contributed by atoms with E-state index in [4.69, 9.17) is 0 Å². The number of amides is 1. The molecule has 0 aromatic heterocycles. The SMILES string of the molecule is CC(Sc1ccc(O)cc1)C(=O)N1CCNCC1. The molecular weight excluding hydrogens is 248 g/mol. The van der Waals surface area contributed by atoms with Gasteiger partial charge in [0.25, 0.3) is 0 Å². The van der Waals surface area contributed by atoms with E-state index in [1.807, 2.05) is 24.0 Å². The third kappa shape index (κ3) is 3.40. The smallest absolute Gasteiger partial charge is 0.235 e. The van der Waals surface area contributed by atoms with E-state index in [1.165, 1.54) is 11.8 Å². The van der Waals surface area contributed by atoms with Crippen LogP contribution in [0.5, 0.6) is 5.75 Å². The molecule has 0 saturated carbocycles. The standard InChI is InChI=1S/C13H18N2O2S/c1-10(13(17)15-8-6-14-7-9-15)18-12-4-2-11(16)3-5-12/h2-5,10,14,16H,6-9H2,1H3. The van der Waals surface area contributed by atoms with Gasteiger partial charge < -0.3 is 15.3 Å². The summed E-state index contributed by atoms with van der Waals surface area (Å²) in [5, 5.41) is 12.4. The molecule has 1 unspecified atom stereocenters. The molecule has 2 rings (SSSR count). The van der Waals surface area contributed by atoms with Gasteiger partial charge in [-0.15, -0.1) is 11.8 Å². The van der Waals surface area contributed by atoms with Crippen LogP contribution in [0.2, 0.25) is 0 Å². The van der Waals surface area contributed by atoms with Crippen molar-refractivity contribution in [3.05, 3.63) is 24.3 Å². The number of piperazine rings is 1. The molecule has 0 radical (unpaired) electrons. The molecule has 18 heavy (non-hydrogen) atoms. The minimum absolute atomic E-state index is 0.0901. The highest BCUT2D eigenvalue weighted by Crippen LogP contribution is 2.26. The van der Waals surface area contributed by atoms with Gasteiger partial charge in [-0.2, -0.15) is 0 Å². The number of carbonyl (C=O) groups excluding carboxylic acids is 1. The first-order valence-corrected chi connectivity index (χ1v) is 7.00. The number of benzene rings is 1. The molecule has 1 aromatic rings. The van der Waals surface area contributed by atoms with E-state index in [9.17, 15) is 9.90 Å². The van der Waals surface area contributed by atoms with Crippen molar-refractivity contribution >= 4 is 17.7 Å². The average Bonchev–Trinajstić information content (AvgIpc) is 2.41. The largest absolute Gasteiger partial charge is 0.508 e. The highest BCUT2D eigenvalue weighted by molar-refractivity contribution is 8.00. The van der Waals surface area contributed by atoms with Gasteiger partial charge >= 0.3 is 0 Å². The number of hydrogen-bond donors (Lipinski definition) is 2. The average molecular weight is 266 g/mol. The van der Waals surface area contributed by atoms with Gasteiger partial charge in [0.1, 0.15) is 5.75 Å². The summed E-state index contributed by atoms with van der Waals surface area (Å²) in [5.41, 5.74) is 0. The van der Waals surface area contributed by atoms with Crippen molar-refractivity contribution in [3.8, 4) is 5.75 Å². The van der Waals surface area contributed by atoms with Gasteiger partial charge in [0.15, 0.2) is 0 Å². The topological polar surface area (TPSA) is 52.6 Å². The van der Waals surface area contributed by atoms with Gasteiger partial charge in [-0.3, -0.25) is 4.79 Å². The molecule has 5 heteroatoms. The van der Waals surface area contributed by atoms with E-state index in [0.717, 1.165) is 31.1 Å². The highest BCUT2D eigenvalue weighted by Gasteiger charge is 2.22. The van der Waals surface area contributed by atoms with Crippen molar-refractivity contribution in [1.29, 1.82) is 0 Å². The maximum atomic E-state index is 12.2. The molecule has 1 heterocycles. The molecule has 1 aromatic carbocycles. The summed E-state index contributed by atoms with van der Waals surface area (Å²) in [5.74, 6) is 0.440. The molecule has 0 bridgehead atoms. The van der Waals surface area contributed by atoms with Crippen LogP contribution in [0.3, 0.4) is 0 Å². The second kappa shape index (κ2) is 6.11. The maximum absolute atomic E-state index is 12.2. The van der Waals surface area contributed by atoms with E-state index in [2.05, 4.69) is 5.32 Å². The molecular formula is C13H18N2O2S. The van der Waals surface area contributed by atoms with Gasteiger partial charge in [0, 0.05) is 31.1 Å². The predicted octanol–water partition coefficient (Wildman–Crippen LogP) is 1.30. The van der Waals surface area contributed by atoms with Crippen LogP contribution >= 0.6 is 11.8 Å². The fraction of sp³-hybridized carbons (Fsp3) is 0.462. The van der Waals surface area contributed by atoms with E-state index in [1.54, 1.807) is 12.1 Å². The Kier molecular flexibility index (Phi) is 4.49. The van der Waals surface area contributed by atoms with E-state index in [-0.39, 0.29) is 16.9 Å². The lowest BCUT2D eigenvalue weighted by Crippen LogP contribution is -2.48. The van der Waals surface area contributed by atoms with Crippen LogP contribution < -0.4 is 5.32 Å². The molecule has 1 aliphatic heterocycles. The number of thioether (sulfide) groups is 1. The van der Waals surface area contributed by atoms with Gasteiger partial charge in [0.05, 0.1) is 5.25 Å². The quantitative estimate of drug-likeness (QED) is 0.810. The fourth-order valence-electron chi connectivity index (χ4n) is 1.92. The Balaban J connectivity index is 1.92. The number of carbonyl (C=O) groups is 1. The van der Waals surface area contributed by atoms with E-state index >= 15 is 0 Å². The second-order valence-electron chi connectivity index (χ2n) is 4.33. The number of nitrogens with zero attached hydrogens (tertiary/aromatic N) is 1. The Morgan fingerprint density at radius 1 is 1.33 bits per heavy atom. The van der Waals surface area contributed by atoms with E-state index in [0.29, 0.717) is 0 Å². The lowest BCUT2D eigenvalue weighted by Gasteiger charge is -2.29. The Morgan fingerprint density at radius 3 is 2.56 bits per heavy atom. The predicted molar refractivity (Wildman–Crippen MR) is 72.9 cm³/mol. The number of nitrogens with one attached hydrogen (secondary N) is 1. The van der Waals surface area contributed by atoms with Gasteiger partial charge in [-0.25, -0.2) is 0 Å². The van der Waals surface area contributed by atoms with Gasteiger partial charge in [0.2, 0.25) is 5.91 Å². The molecule has 1 fully saturated rings. The second-order valence-corrected chi connectivity index (χ2v) is 5.74. The van der Waals surface area contributed by atoms with Crippen LogP contribution in [0.4, 0.5) is 0 Å². The Bertz CT molecular complexity index is 402. The number of aromatic hydroxyl groups is 1. The molecule has 4 nitrogen and oxygen atoms in total. The van der Waals surface area contributed by atoms with Crippen molar-refractivity contribution in [2.45, 2.75) is 17.1 Å². The van der Waals surface area contributed by atoms with Crippen LogP contribution in [0.1, 0.15) is 6.92 Å². The molecule has 1 atom stereocenters. The highest BCUT2D eigenvalue weighted by atomic mass is 32.2. The number of rotatable bonds is 3. The molecule has 1 amide bonds. The molecule has 2 N–H and O–H groups in total. The Labute approximate surface area is 111 Å². The Morgan fingerprint density at radius 2 is 1.94 bits per heavy atom. The third-order valence-corrected chi connectivity index (χ3v) is 4.03. The van der Waals surface area contributed by atoms with E-state index < -0.39 is 0 Å². The van der Waals surface area contributed by atoms with Gasteiger partial charge in [-0.05, 0) is 31.2 Å². The minimum Gasteiger partial charge on any atom is -0.508 e. The Hall–Kier alpha value is -1.20. The number of hydrogen-bond acceptors (Lipinski definition) is 4. The maximum Gasteiger partial charge on any atom is 0.235 e. The van der Waals surface area contributed by atoms with Crippen LogP contribution in [-0.4, -0.2) is 47.3 Å². The number of phenolic OH excluding ortho intramolecular Hbond substituents is 1. The zero-order chi connectivity index (χ0) is 13.0. The summed E-state index contributed by atoms with van der Waals surface area (Å²) >= 11 is 1.53. The fourth-order valence-corrected chi connectivity index (χ4v) is 2.87. The zero-order valence-corrected chi connectivity index (χ0v) is 11.2. The first kappa shape index (κ1) is 13.2. The van der Waals surface area contributed by atoms with Crippen molar-refractivity contribution in [3.63, 3.8) is 0 Å². The van der Waals surface area contributed by atoms with Crippen LogP contribution in [-0.2, 0) is 4.79 Å². The molecule has 0 spiro atoms. The summed E-state index contributed by atoms with van der Waals surface area (Å²) in [4.78, 5) is 15.1. The van der Waals surface area contributed by atoms with Crippen LogP contribution in [0.15, 0.2) is 29.2 Å². The summed E-state index contributed by atoms with van der Waals surface area (Å²) in [6.45, 7) is 5.27. The van der Waals surface area contributed by atoms with Gasteiger partial charge in [-0.1, -0.05) is 0 Å². The third-order valence-electron chi connectivity index (χ3n) is 2.93. The number of phenols is 1. The zero-order valence-electron chi connectivity index (χ0n) is 10.4. The minimum atomic E-state index is -0.0901. The van der Waals surface area contributed by atoms with Crippen molar-refractivity contribution in [1.82, 2.24) is 10.2 Å². The summed E-state index contributed by atoms with van der Waals surface area (Å²) in [7, 11) is 0. The monoisotopic (exact) mass is 266 g/mol. The van der Waals surface area contributed by atoms with Crippen molar-refractivity contribution < 1.29 is 9.90 Å². The molecule has 1 aliphatic rings. The molecule has 98 valence electrons. The summed E-state index contributed by atoms with van der Waals surface area (Å²) < 4.78 is 0. The summed E-state index contributed by atoms with van der Waals surface area (Å²) in [6.07, 6.45) is 0. The van der Waals surface area contributed by atoms with Crippen molar-refractivity contribution in [2.75, 3.05) is 26.2 Å². The molecule has 0 aliphatic carbocycles. The van der Waals surface area contributed by atoms with Crippen LogP contribution in [0.25, 0.3) is 0 Å². The molecule has 1 saturated heterocycles. The van der Waals surface area contributed by atoms with Crippen LogP contribution in [0, 0.1) is 0 Å². The normalized spacial score (nSPS) is 17.5.